The van der Waals surface area contributed by atoms with Crippen molar-refractivity contribution in [3.8, 4) is 0 Å². The van der Waals surface area contributed by atoms with Gasteiger partial charge in [0.2, 0.25) is 5.91 Å². The molecule has 2 aromatic carbocycles. The molecule has 8 nitrogen and oxygen atoms in total. The van der Waals surface area contributed by atoms with Crippen LogP contribution in [0.25, 0.3) is 10.8 Å². The number of aliphatic carboxylic acids is 1. The van der Waals surface area contributed by atoms with Crippen molar-refractivity contribution in [2.45, 2.75) is 32.5 Å². The van der Waals surface area contributed by atoms with E-state index in [-0.39, 0.29) is 18.9 Å². The highest BCUT2D eigenvalue weighted by Crippen LogP contribution is 2.23. The minimum Gasteiger partial charge on any atom is -0.480 e. The maximum atomic E-state index is 12.5. The lowest BCUT2D eigenvalue weighted by Crippen LogP contribution is -2.48. The number of nitrogens with zero attached hydrogens (tertiary/aromatic N) is 4. The van der Waals surface area contributed by atoms with Crippen LogP contribution in [0.2, 0.25) is 0 Å². The van der Waals surface area contributed by atoms with Crippen molar-refractivity contribution in [2.24, 2.45) is 0 Å². The summed E-state index contributed by atoms with van der Waals surface area (Å²) in [7, 11) is 0. The van der Waals surface area contributed by atoms with E-state index in [9.17, 15) is 14.7 Å². The van der Waals surface area contributed by atoms with Crippen LogP contribution in [0.3, 0.4) is 0 Å². The molecule has 2 N–H and O–H groups in total. The largest absolute Gasteiger partial charge is 0.480 e. The third kappa shape index (κ3) is 3.46. The Bertz CT molecular complexity index is 1040. The molecule has 0 saturated carbocycles. The number of carbonyl (C=O) groups is 2. The van der Waals surface area contributed by atoms with Crippen molar-refractivity contribution in [2.75, 3.05) is 11.9 Å². The zero-order valence-corrected chi connectivity index (χ0v) is 15.5. The van der Waals surface area contributed by atoms with E-state index in [0.717, 1.165) is 22.3 Å². The molecule has 0 aliphatic carbocycles. The lowest BCUT2D eigenvalue weighted by atomic mass is 10.1. The molecule has 0 fully saturated rings. The van der Waals surface area contributed by atoms with Crippen molar-refractivity contribution in [1.29, 1.82) is 0 Å². The number of fused-ring (bicyclic) bond motifs is 2. The first-order chi connectivity index (χ1) is 13.5. The van der Waals surface area contributed by atoms with Crippen molar-refractivity contribution in [1.82, 2.24) is 19.7 Å². The number of anilines is 1. The lowest BCUT2D eigenvalue weighted by Gasteiger charge is -2.33. The molecule has 1 aliphatic heterocycles. The summed E-state index contributed by atoms with van der Waals surface area (Å²) in [6.45, 7) is 2.79. The summed E-state index contributed by atoms with van der Waals surface area (Å²) in [5.41, 5.74) is 0.756. The average Bonchev–Trinajstić information content (AvgIpc) is 3.06. The molecule has 2 heterocycles. The zero-order valence-electron chi connectivity index (χ0n) is 15.5. The standard InChI is InChI=1S/C20H21N5O3/c1-13-22-23-18-12-24(17(20(27)28)11-25(13)18)10-9-19(26)21-16-8-4-6-14-5-2-3-7-15(14)16/h2-8,17H,9-12H2,1H3,(H,21,26)(H,27,28). The molecule has 4 rings (SSSR count). The van der Waals surface area contributed by atoms with Gasteiger partial charge < -0.3 is 15.0 Å². The molecule has 28 heavy (non-hydrogen) atoms. The van der Waals surface area contributed by atoms with Crippen molar-refractivity contribution in [3.63, 3.8) is 0 Å². The van der Waals surface area contributed by atoms with E-state index in [2.05, 4.69) is 15.5 Å². The van der Waals surface area contributed by atoms with Gasteiger partial charge in [-0.3, -0.25) is 14.5 Å². The Morgan fingerprint density at radius 2 is 1.96 bits per heavy atom. The normalized spacial score (nSPS) is 16.7. The Kier molecular flexibility index (Phi) is 4.79. The summed E-state index contributed by atoms with van der Waals surface area (Å²) >= 11 is 0. The highest BCUT2D eigenvalue weighted by molar-refractivity contribution is 6.02. The number of nitrogens with one attached hydrogen (secondary N) is 1. The highest BCUT2D eigenvalue weighted by Gasteiger charge is 2.33. The van der Waals surface area contributed by atoms with Crippen LogP contribution < -0.4 is 5.32 Å². The van der Waals surface area contributed by atoms with Crippen LogP contribution in [0.5, 0.6) is 0 Å². The number of rotatable bonds is 5. The van der Waals surface area contributed by atoms with Gasteiger partial charge in [-0.05, 0) is 18.4 Å². The van der Waals surface area contributed by atoms with Crippen LogP contribution >= 0.6 is 0 Å². The van der Waals surface area contributed by atoms with E-state index in [1.807, 2.05) is 54.0 Å². The third-order valence-electron chi connectivity index (χ3n) is 5.13. The number of carbonyl (C=O) groups excluding carboxylic acids is 1. The molecule has 1 atom stereocenters. The third-order valence-corrected chi connectivity index (χ3v) is 5.13. The van der Waals surface area contributed by atoms with E-state index in [1.54, 1.807) is 4.90 Å². The summed E-state index contributed by atoms with van der Waals surface area (Å²) in [6.07, 6.45) is 0.195. The topological polar surface area (TPSA) is 100 Å². The van der Waals surface area contributed by atoms with Crippen LogP contribution in [0.4, 0.5) is 5.69 Å². The van der Waals surface area contributed by atoms with E-state index in [0.29, 0.717) is 18.9 Å². The fourth-order valence-corrected chi connectivity index (χ4v) is 3.62. The predicted octanol–water partition coefficient (Wildman–Crippen LogP) is 2.04. The van der Waals surface area contributed by atoms with Gasteiger partial charge in [-0.1, -0.05) is 36.4 Å². The van der Waals surface area contributed by atoms with E-state index >= 15 is 0 Å². The van der Waals surface area contributed by atoms with Gasteiger partial charge in [-0.2, -0.15) is 0 Å². The number of carboxylic acid groups (broad SMARTS) is 1. The number of aromatic nitrogens is 3. The first kappa shape index (κ1) is 18.1. The Hall–Kier alpha value is -3.26. The average molecular weight is 379 g/mol. The van der Waals surface area contributed by atoms with Gasteiger partial charge in [-0.15, -0.1) is 10.2 Å². The molecule has 1 amide bonds. The van der Waals surface area contributed by atoms with Gasteiger partial charge >= 0.3 is 5.97 Å². The summed E-state index contributed by atoms with van der Waals surface area (Å²) in [5, 5.41) is 22.7. The number of carboxylic acids is 1. The molecule has 1 unspecified atom stereocenters. The summed E-state index contributed by atoms with van der Waals surface area (Å²) < 4.78 is 1.82. The highest BCUT2D eigenvalue weighted by atomic mass is 16.4. The van der Waals surface area contributed by atoms with Gasteiger partial charge in [0, 0.05) is 24.0 Å². The lowest BCUT2D eigenvalue weighted by molar-refractivity contribution is -0.145. The van der Waals surface area contributed by atoms with Gasteiger partial charge in [-0.25, -0.2) is 0 Å². The Morgan fingerprint density at radius 1 is 1.18 bits per heavy atom. The number of hydrogen-bond donors (Lipinski definition) is 2. The van der Waals surface area contributed by atoms with E-state index in [4.69, 9.17) is 0 Å². The second-order valence-corrected chi connectivity index (χ2v) is 6.92. The monoisotopic (exact) mass is 379 g/mol. The summed E-state index contributed by atoms with van der Waals surface area (Å²) in [5.74, 6) is 0.371. The van der Waals surface area contributed by atoms with Gasteiger partial charge in [0.25, 0.3) is 0 Å². The number of hydrogen-bond acceptors (Lipinski definition) is 5. The molecule has 0 bridgehead atoms. The van der Waals surface area contributed by atoms with Crippen LogP contribution in [-0.4, -0.2) is 49.2 Å². The van der Waals surface area contributed by atoms with Crippen LogP contribution in [-0.2, 0) is 22.7 Å². The molecule has 144 valence electrons. The molecule has 1 aliphatic rings. The van der Waals surface area contributed by atoms with Crippen molar-refractivity contribution >= 4 is 28.3 Å². The SMILES string of the molecule is Cc1nnc2n1CC(C(=O)O)N(CCC(=O)Nc1cccc3ccccc13)C2. The molecule has 0 saturated heterocycles. The first-order valence-corrected chi connectivity index (χ1v) is 9.16. The van der Waals surface area contributed by atoms with Gasteiger partial charge in [0.05, 0.1) is 13.1 Å². The molecule has 0 radical (unpaired) electrons. The first-order valence-electron chi connectivity index (χ1n) is 9.16. The quantitative estimate of drug-likeness (QED) is 0.704. The molecule has 0 spiro atoms. The number of amides is 1. The predicted molar refractivity (Wildman–Crippen MR) is 104 cm³/mol. The number of aryl methyl sites for hydroxylation is 1. The van der Waals surface area contributed by atoms with Crippen molar-refractivity contribution < 1.29 is 14.7 Å². The second kappa shape index (κ2) is 7.40. The Balaban J connectivity index is 1.44. The zero-order chi connectivity index (χ0) is 19.7. The maximum absolute atomic E-state index is 12.5. The van der Waals surface area contributed by atoms with Gasteiger partial charge in [0.1, 0.15) is 17.7 Å². The second-order valence-electron chi connectivity index (χ2n) is 6.92. The van der Waals surface area contributed by atoms with Crippen LogP contribution in [0, 0.1) is 6.92 Å². The minimum absolute atomic E-state index is 0.149. The van der Waals surface area contributed by atoms with Crippen molar-refractivity contribution in [3.05, 3.63) is 54.1 Å². The van der Waals surface area contributed by atoms with Crippen LogP contribution in [0.15, 0.2) is 42.5 Å². The Labute approximate surface area is 161 Å². The fraction of sp³-hybridized carbons (Fsp3) is 0.300. The molecule has 8 heteroatoms. The summed E-state index contributed by atoms with van der Waals surface area (Å²) in [4.78, 5) is 26.0. The fourth-order valence-electron chi connectivity index (χ4n) is 3.62. The maximum Gasteiger partial charge on any atom is 0.322 e. The minimum atomic E-state index is -0.909. The Morgan fingerprint density at radius 3 is 2.79 bits per heavy atom. The number of benzene rings is 2. The van der Waals surface area contributed by atoms with E-state index < -0.39 is 12.0 Å². The molecular weight excluding hydrogens is 358 g/mol. The van der Waals surface area contributed by atoms with E-state index in [1.165, 1.54) is 0 Å². The van der Waals surface area contributed by atoms with Gasteiger partial charge in [0.15, 0.2) is 0 Å². The smallest absolute Gasteiger partial charge is 0.322 e. The molecule has 3 aromatic rings. The summed E-state index contributed by atoms with van der Waals surface area (Å²) in [6, 6.07) is 12.9. The molecular formula is C20H21N5O3. The van der Waals surface area contributed by atoms with Crippen LogP contribution in [0.1, 0.15) is 18.1 Å². The molecule has 1 aromatic heterocycles.